The van der Waals surface area contributed by atoms with E-state index < -0.39 is 0 Å². The molecule has 1 atom stereocenters. The molecule has 0 radical (unpaired) electrons. The van der Waals surface area contributed by atoms with Crippen molar-refractivity contribution >= 4 is 11.6 Å². The minimum atomic E-state index is 0.328. The smallest absolute Gasteiger partial charge is 0.0740 e. The molecule has 3 heteroatoms. The number of hydrogen-bond acceptors (Lipinski definition) is 2. The molecule has 12 heavy (non-hydrogen) atoms. The van der Waals surface area contributed by atoms with Crippen LogP contribution in [-0.4, -0.2) is 36.7 Å². The van der Waals surface area contributed by atoms with Gasteiger partial charge in [-0.2, -0.15) is 0 Å². The Morgan fingerprint density at radius 1 is 1.33 bits per heavy atom. The molecule has 0 aliphatic rings. The summed E-state index contributed by atoms with van der Waals surface area (Å²) < 4.78 is 5.16. The van der Waals surface area contributed by atoms with Gasteiger partial charge in [-0.3, -0.25) is 4.90 Å². The van der Waals surface area contributed by atoms with Gasteiger partial charge >= 0.3 is 0 Å². The fraction of sp³-hybridized carbons (Fsp3) is 1.00. The Balaban J connectivity index is 3.58. The molecule has 0 N–H and O–H groups in total. The van der Waals surface area contributed by atoms with Crippen LogP contribution >= 0.6 is 11.6 Å². The van der Waals surface area contributed by atoms with Gasteiger partial charge in [0.2, 0.25) is 0 Å². The Morgan fingerprint density at radius 3 is 2.25 bits per heavy atom. The number of hydrogen-bond donors (Lipinski definition) is 0. The van der Waals surface area contributed by atoms with E-state index in [1.54, 1.807) is 7.11 Å². The lowest BCUT2D eigenvalue weighted by Crippen LogP contribution is -2.32. The van der Waals surface area contributed by atoms with Crippen LogP contribution in [0.4, 0.5) is 0 Å². The number of ether oxygens (including phenoxy) is 1. The Labute approximate surface area is 80.8 Å². The third-order valence-corrected chi connectivity index (χ3v) is 2.42. The summed E-state index contributed by atoms with van der Waals surface area (Å²) in [6.45, 7) is 7.39. The monoisotopic (exact) mass is 193 g/mol. The molecule has 0 heterocycles. The predicted molar refractivity (Wildman–Crippen MR) is 53.7 cm³/mol. The van der Waals surface area contributed by atoms with E-state index in [4.69, 9.17) is 16.3 Å². The van der Waals surface area contributed by atoms with E-state index in [-0.39, 0.29) is 0 Å². The summed E-state index contributed by atoms with van der Waals surface area (Å²) in [4.78, 5) is 2.22. The van der Waals surface area contributed by atoms with Crippen molar-refractivity contribution in [2.75, 3.05) is 19.7 Å². The van der Waals surface area contributed by atoms with Crippen LogP contribution in [0.25, 0.3) is 0 Å². The van der Waals surface area contributed by atoms with Crippen molar-refractivity contribution in [1.29, 1.82) is 0 Å². The zero-order valence-electron chi connectivity index (χ0n) is 8.51. The third kappa shape index (κ3) is 4.96. The van der Waals surface area contributed by atoms with Gasteiger partial charge in [0.1, 0.15) is 0 Å². The van der Waals surface area contributed by atoms with Crippen LogP contribution in [0.2, 0.25) is 0 Å². The first-order valence-corrected chi connectivity index (χ1v) is 4.98. The largest absolute Gasteiger partial charge is 0.382 e. The Kier molecular flexibility index (Phi) is 6.81. The molecular formula is C9H20ClNO. The Morgan fingerprint density at radius 2 is 1.92 bits per heavy atom. The Hall–Kier alpha value is 0.210. The molecule has 0 aliphatic carbocycles. The van der Waals surface area contributed by atoms with Gasteiger partial charge in [-0.25, -0.2) is 0 Å². The summed E-state index contributed by atoms with van der Waals surface area (Å²) in [6, 6.07) is 1.13. The lowest BCUT2D eigenvalue weighted by Gasteiger charge is -2.24. The van der Waals surface area contributed by atoms with Gasteiger partial charge in [-0.05, 0) is 27.2 Å². The molecule has 0 bridgehead atoms. The van der Waals surface area contributed by atoms with Crippen LogP contribution < -0.4 is 0 Å². The van der Waals surface area contributed by atoms with Crippen LogP contribution in [0.1, 0.15) is 27.2 Å². The highest BCUT2D eigenvalue weighted by Gasteiger charge is 2.09. The summed E-state index contributed by atoms with van der Waals surface area (Å²) in [5, 5.41) is 0. The summed E-state index contributed by atoms with van der Waals surface area (Å²) in [6.07, 6.45) is 1.37. The summed E-state index contributed by atoms with van der Waals surface area (Å²) >= 11 is 5.77. The van der Waals surface area contributed by atoms with Crippen molar-refractivity contribution in [3.8, 4) is 0 Å². The number of halogens is 1. The van der Waals surface area contributed by atoms with Gasteiger partial charge in [-0.15, -0.1) is 11.6 Å². The molecule has 0 rings (SSSR count). The number of alkyl halides is 1. The highest BCUT2D eigenvalue weighted by molar-refractivity contribution is 6.17. The van der Waals surface area contributed by atoms with Crippen LogP contribution in [0.15, 0.2) is 0 Å². The maximum atomic E-state index is 5.77. The van der Waals surface area contributed by atoms with E-state index in [1.165, 1.54) is 0 Å². The van der Waals surface area contributed by atoms with Crippen molar-refractivity contribution in [1.82, 2.24) is 4.90 Å². The maximum Gasteiger partial charge on any atom is 0.0740 e. The molecule has 74 valence electrons. The number of nitrogens with zero attached hydrogens (tertiary/aromatic N) is 1. The predicted octanol–water partition coefficient (Wildman–Crippen LogP) is 2.32. The van der Waals surface area contributed by atoms with Crippen molar-refractivity contribution in [2.45, 2.75) is 39.3 Å². The molecule has 0 spiro atoms. The topological polar surface area (TPSA) is 12.5 Å². The standard InChI is InChI=1S/C9H20ClNO/c1-8(2)11(7-10)6-5-9(3)12-4/h8-9H,5-7H2,1-4H3/t9-/m1/s1. The maximum absolute atomic E-state index is 5.77. The SMILES string of the molecule is CO[C@H](C)CCN(CCl)C(C)C. The van der Waals surface area contributed by atoms with E-state index in [9.17, 15) is 0 Å². The zero-order valence-corrected chi connectivity index (χ0v) is 9.27. The first-order chi connectivity index (χ1) is 5.61. The minimum absolute atomic E-state index is 0.328. The zero-order chi connectivity index (χ0) is 9.56. The summed E-state index contributed by atoms with van der Waals surface area (Å²) in [5.41, 5.74) is 0. The lowest BCUT2D eigenvalue weighted by atomic mass is 10.2. The first-order valence-electron chi connectivity index (χ1n) is 4.44. The van der Waals surface area contributed by atoms with E-state index in [0.29, 0.717) is 18.1 Å². The van der Waals surface area contributed by atoms with Crippen molar-refractivity contribution in [3.63, 3.8) is 0 Å². The van der Waals surface area contributed by atoms with E-state index >= 15 is 0 Å². The highest BCUT2D eigenvalue weighted by atomic mass is 35.5. The molecular weight excluding hydrogens is 174 g/mol. The summed E-state index contributed by atoms with van der Waals surface area (Å²) in [7, 11) is 1.74. The lowest BCUT2D eigenvalue weighted by molar-refractivity contribution is 0.0957. The first kappa shape index (κ1) is 12.2. The minimum Gasteiger partial charge on any atom is -0.382 e. The molecule has 2 nitrogen and oxygen atoms in total. The van der Waals surface area contributed by atoms with Gasteiger partial charge in [0, 0.05) is 19.7 Å². The second-order valence-electron chi connectivity index (χ2n) is 3.36. The van der Waals surface area contributed by atoms with Gasteiger partial charge in [0.15, 0.2) is 0 Å². The molecule has 0 aromatic rings. The van der Waals surface area contributed by atoms with Crippen LogP contribution in [0.5, 0.6) is 0 Å². The average molecular weight is 194 g/mol. The molecule has 0 fully saturated rings. The quantitative estimate of drug-likeness (QED) is 0.474. The normalized spacial score (nSPS) is 14.2. The van der Waals surface area contributed by atoms with Crippen molar-refractivity contribution < 1.29 is 4.74 Å². The number of rotatable bonds is 6. The number of methoxy groups -OCH3 is 1. The molecule has 0 aromatic carbocycles. The molecule has 0 saturated heterocycles. The van der Waals surface area contributed by atoms with Gasteiger partial charge in [-0.1, -0.05) is 0 Å². The van der Waals surface area contributed by atoms with E-state index in [0.717, 1.165) is 13.0 Å². The molecule has 0 saturated carbocycles. The molecule has 0 aliphatic heterocycles. The summed E-state index contributed by atoms with van der Waals surface area (Å²) in [5.74, 6) is 0. The van der Waals surface area contributed by atoms with Crippen LogP contribution in [0.3, 0.4) is 0 Å². The average Bonchev–Trinajstić information content (AvgIpc) is 2.04. The highest BCUT2D eigenvalue weighted by Crippen LogP contribution is 2.04. The fourth-order valence-corrected chi connectivity index (χ4v) is 1.32. The van der Waals surface area contributed by atoms with E-state index in [2.05, 4.69) is 25.7 Å². The van der Waals surface area contributed by atoms with Gasteiger partial charge in [0.25, 0.3) is 0 Å². The van der Waals surface area contributed by atoms with Gasteiger partial charge < -0.3 is 4.74 Å². The molecule has 0 unspecified atom stereocenters. The Bertz CT molecular complexity index is 109. The molecule has 0 aromatic heterocycles. The van der Waals surface area contributed by atoms with E-state index in [1.807, 2.05) is 0 Å². The third-order valence-electron chi connectivity index (χ3n) is 2.11. The van der Waals surface area contributed by atoms with Crippen molar-refractivity contribution in [3.05, 3.63) is 0 Å². The van der Waals surface area contributed by atoms with Crippen LogP contribution in [0, 0.1) is 0 Å². The second kappa shape index (κ2) is 6.70. The van der Waals surface area contributed by atoms with Gasteiger partial charge in [0.05, 0.1) is 12.1 Å². The van der Waals surface area contributed by atoms with Crippen LogP contribution in [-0.2, 0) is 4.74 Å². The van der Waals surface area contributed by atoms with Crippen molar-refractivity contribution in [2.24, 2.45) is 0 Å². The fourth-order valence-electron chi connectivity index (χ4n) is 0.921. The molecule has 0 amide bonds. The second-order valence-corrected chi connectivity index (χ2v) is 3.60.